The molecule has 0 unspecified atom stereocenters. The van der Waals surface area contributed by atoms with Crippen LogP contribution in [0.15, 0.2) is 53.8 Å². The van der Waals surface area contributed by atoms with Crippen molar-refractivity contribution in [2.45, 2.75) is 25.3 Å². The molecular weight excluding hydrogens is 262 g/mol. The van der Waals surface area contributed by atoms with Crippen LogP contribution in [0.3, 0.4) is 0 Å². The number of nitrogens with zero attached hydrogens (tertiary/aromatic N) is 3. The van der Waals surface area contributed by atoms with Crippen LogP contribution in [0.1, 0.15) is 23.6 Å². The van der Waals surface area contributed by atoms with Crippen molar-refractivity contribution in [3.05, 3.63) is 70.5 Å². The minimum atomic E-state index is 0.0341. The number of hydrogen-bond acceptors (Lipinski definition) is 3. The Labute approximate surface area is 122 Å². The minimum Gasteiger partial charge on any atom is -0.295 e. The summed E-state index contributed by atoms with van der Waals surface area (Å²) in [6, 6.07) is 10.4. The van der Waals surface area contributed by atoms with Crippen LogP contribution < -0.4 is 5.56 Å². The lowest BCUT2D eigenvalue weighted by molar-refractivity contribution is 0.429. The molecular formula is C17H15N3O. The summed E-state index contributed by atoms with van der Waals surface area (Å²) < 4.78 is 1.79. The van der Waals surface area contributed by atoms with E-state index in [-0.39, 0.29) is 11.6 Å². The van der Waals surface area contributed by atoms with Crippen molar-refractivity contribution < 1.29 is 0 Å². The molecule has 4 heteroatoms. The lowest BCUT2D eigenvalue weighted by Gasteiger charge is -2.26. The third kappa shape index (κ3) is 2.03. The average molecular weight is 277 g/mol. The molecule has 1 atom stereocenters. The van der Waals surface area contributed by atoms with E-state index in [4.69, 9.17) is 0 Å². The molecule has 1 aliphatic rings. The van der Waals surface area contributed by atoms with Gasteiger partial charge in [0.25, 0.3) is 5.56 Å². The molecule has 0 saturated heterocycles. The van der Waals surface area contributed by atoms with E-state index in [1.807, 2.05) is 0 Å². The van der Waals surface area contributed by atoms with Gasteiger partial charge >= 0.3 is 0 Å². The predicted octanol–water partition coefficient (Wildman–Crippen LogP) is 2.52. The van der Waals surface area contributed by atoms with Gasteiger partial charge in [-0.25, -0.2) is 4.98 Å². The second kappa shape index (κ2) is 4.81. The molecule has 3 aromatic rings. The van der Waals surface area contributed by atoms with Crippen LogP contribution in [0.5, 0.6) is 0 Å². The summed E-state index contributed by atoms with van der Waals surface area (Å²) in [6.07, 6.45) is 7.85. The molecule has 0 N–H and O–H groups in total. The van der Waals surface area contributed by atoms with Crippen LogP contribution in [-0.4, -0.2) is 14.5 Å². The summed E-state index contributed by atoms with van der Waals surface area (Å²) in [5, 5.41) is 0.645. The molecule has 4 rings (SSSR count). The van der Waals surface area contributed by atoms with Gasteiger partial charge in [0.15, 0.2) is 0 Å². The fourth-order valence-corrected chi connectivity index (χ4v) is 3.16. The largest absolute Gasteiger partial charge is 0.295 e. The van der Waals surface area contributed by atoms with E-state index in [2.05, 4.69) is 34.2 Å². The molecule has 0 bridgehead atoms. The Morgan fingerprint density at radius 1 is 1.14 bits per heavy atom. The van der Waals surface area contributed by atoms with Gasteiger partial charge < -0.3 is 0 Å². The van der Waals surface area contributed by atoms with E-state index in [1.165, 1.54) is 11.1 Å². The lowest BCUT2D eigenvalue weighted by atomic mass is 9.88. The Hall–Kier alpha value is -2.49. The molecule has 0 amide bonds. The predicted molar refractivity (Wildman–Crippen MR) is 81.3 cm³/mol. The summed E-state index contributed by atoms with van der Waals surface area (Å²) >= 11 is 0. The van der Waals surface area contributed by atoms with Crippen LogP contribution >= 0.6 is 0 Å². The van der Waals surface area contributed by atoms with Crippen molar-refractivity contribution in [1.29, 1.82) is 0 Å². The quantitative estimate of drug-likeness (QED) is 0.686. The molecule has 0 fully saturated rings. The molecule has 0 saturated carbocycles. The number of pyridine rings is 1. The van der Waals surface area contributed by atoms with E-state index in [0.29, 0.717) is 10.9 Å². The number of hydrogen-bond donors (Lipinski definition) is 0. The normalized spacial score (nSPS) is 17.6. The molecule has 0 aliphatic heterocycles. The van der Waals surface area contributed by atoms with Gasteiger partial charge in [-0.1, -0.05) is 24.3 Å². The molecule has 21 heavy (non-hydrogen) atoms. The third-order valence-corrected chi connectivity index (χ3v) is 4.30. The van der Waals surface area contributed by atoms with E-state index in [9.17, 15) is 4.79 Å². The summed E-state index contributed by atoms with van der Waals surface area (Å²) in [5.41, 5.74) is 3.44. The van der Waals surface area contributed by atoms with Crippen molar-refractivity contribution in [1.82, 2.24) is 14.5 Å². The van der Waals surface area contributed by atoms with Gasteiger partial charge in [-0.3, -0.25) is 14.3 Å². The van der Waals surface area contributed by atoms with Gasteiger partial charge in [-0.2, -0.15) is 0 Å². The van der Waals surface area contributed by atoms with Gasteiger partial charge in [0.1, 0.15) is 0 Å². The fraction of sp³-hybridized carbons (Fsp3) is 0.235. The van der Waals surface area contributed by atoms with Crippen molar-refractivity contribution in [3.8, 4) is 0 Å². The van der Waals surface area contributed by atoms with Crippen LogP contribution in [0.2, 0.25) is 0 Å². The first kappa shape index (κ1) is 12.3. The average Bonchev–Trinajstić information content (AvgIpc) is 2.55. The SMILES string of the molecule is O=c1c2ccncc2ncn1[C@H]1CCc2ccccc2C1. The van der Waals surface area contributed by atoms with Crippen molar-refractivity contribution in [2.24, 2.45) is 0 Å². The highest BCUT2D eigenvalue weighted by Crippen LogP contribution is 2.27. The zero-order valence-electron chi connectivity index (χ0n) is 11.6. The van der Waals surface area contributed by atoms with Crippen LogP contribution in [-0.2, 0) is 12.8 Å². The maximum Gasteiger partial charge on any atom is 0.261 e. The first-order valence-electron chi connectivity index (χ1n) is 7.20. The highest BCUT2D eigenvalue weighted by atomic mass is 16.1. The van der Waals surface area contributed by atoms with E-state index >= 15 is 0 Å². The lowest BCUT2D eigenvalue weighted by Crippen LogP contribution is -2.29. The Bertz CT molecular complexity index is 869. The molecule has 0 spiro atoms. The Morgan fingerprint density at radius 3 is 2.90 bits per heavy atom. The summed E-state index contributed by atoms with van der Waals surface area (Å²) in [7, 11) is 0. The smallest absolute Gasteiger partial charge is 0.261 e. The number of benzene rings is 1. The second-order valence-electron chi connectivity index (χ2n) is 5.52. The minimum absolute atomic E-state index is 0.0341. The summed E-state index contributed by atoms with van der Waals surface area (Å²) in [6.45, 7) is 0. The highest BCUT2D eigenvalue weighted by Gasteiger charge is 2.21. The Morgan fingerprint density at radius 2 is 2.00 bits per heavy atom. The standard InChI is InChI=1S/C17H15N3O/c21-17-15-7-8-18-10-16(15)19-11-20(17)14-6-5-12-3-1-2-4-13(12)9-14/h1-4,7-8,10-11,14H,5-6,9H2/t14-/m0/s1. The highest BCUT2D eigenvalue weighted by molar-refractivity contribution is 5.75. The molecule has 2 heterocycles. The van der Waals surface area contributed by atoms with E-state index in [1.54, 1.807) is 29.4 Å². The maximum atomic E-state index is 12.6. The third-order valence-electron chi connectivity index (χ3n) is 4.30. The molecule has 0 radical (unpaired) electrons. The van der Waals surface area contributed by atoms with Crippen molar-refractivity contribution in [2.75, 3.05) is 0 Å². The van der Waals surface area contributed by atoms with E-state index in [0.717, 1.165) is 19.3 Å². The summed E-state index contributed by atoms with van der Waals surface area (Å²) in [5.74, 6) is 0. The van der Waals surface area contributed by atoms with Gasteiger partial charge in [-0.05, 0) is 36.5 Å². The number of aryl methyl sites for hydroxylation is 1. The van der Waals surface area contributed by atoms with Crippen LogP contribution in [0, 0.1) is 0 Å². The van der Waals surface area contributed by atoms with Gasteiger partial charge in [0.05, 0.1) is 23.4 Å². The summed E-state index contributed by atoms with van der Waals surface area (Å²) in [4.78, 5) is 21.0. The van der Waals surface area contributed by atoms with Crippen LogP contribution in [0.4, 0.5) is 0 Å². The number of aromatic nitrogens is 3. The zero-order valence-corrected chi connectivity index (χ0v) is 11.6. The maximum absolute atomic E-state index is 12.6. The second-order valence-corrected chi connectivity index (χ2v) is 5.52. The topological polar surface area (TPSA) is 47.8 Å². The Kier molecular flexibility index (Phi) is 2.81. The fourth-order valence-electron chi connectivity index (χ4n) is 3.16. The van der Waals surface area contributed by atoms with Gasteiger partial charge in [0, 0.05) is 12.2 Å². The van der Waals surface area contributed by atoms with Crippen LogP contribution in [0.25, 0.3) is 10.9 Å². The number of rotatable bonds is 1. The zero-order chi connectivity index (χ0) is 14.2. The number of fused-ring (bicyclic) bond motifs is 2. The molecule has 4 nitrogen and oxygen atoms in total. The van der Waals surface area contributed by atoms with E-state index < -0.39 is 0 Å². The first-order valence-corrected chi connectivity index (χ1v) is 7.20. The van der Waals surface area contributed by atoms with Gasteiger partial charge in [0.2, 0.25) is 0 Å². The molecule has 1 aliphatic carbocycles. The van der Waals surface area contributed by atoms with Crippen molar-refractivity contribution in [3.63, 3.8) is 0 Å². The monoisotopic (exact) mass is 277 g/mol. The molecule has 1 aromatic carbocycles. The van der Waals surface area contributed by atoms with Gasteiger partial charge in [-0.15, -0.1) is 0 Å². The molecule has 104 valence electrons. The molecule has 2 aromatic heterocycles. The van der Waals surface area contributed by atoms with Crippen molar-refractivity contribution >= 4 is 10.9 Å². The first-order chi connectivity index (χ1) is 10.3. The Balaban J connectivity index is 1.78.